The van der Waals surface area contributed by atoms with Gasteiger partial charge in [0.05, 0.1) is 11.6 Å². The Kier molecular flexibility index (Phi) is 9.46. The first-order valence-electron chi connectivity index (χ1n) is 15.1. The van der Waals surface area contributed by atoms with E-state index in [4.69, 9.17) is 0 Å². The highest BCUT2D eigenvalue weighted by atomic mass is 32.2. The Hall–Kier alpha value is -3.64. The number of carboxylic acids is 2. The quantitative estimate of drug-likeness (QED) is 0.130. The molecule has 2 amide bonds. The predicted octanol–water partition coefficient (Wildman–Crippen LogP) is 4.32. The lowest BCUT2D eigenvalue weighted by Crippen LogP contribution is -2.36. The summed E-state index contributed by atoms with van der Waals surface area (Å²) >= 11 is 6.14. The van der Waals surface area contributed by atoms with Crippen LogP contribution in [0.15, 0.2) is 45.2 Å². The molecule has 10 nitrogen and oxygen atoms in total. The Morgan fingerprint density at radius 3 is 2.24 bits per heavy atom. The molecule has 4 aliphatic rings. The molecule has 12 heteroatoms. The van der Waals surface area contributed by atoms with E-state index in [1.54, 1.807) is 0 Å². The number of hydrogen-bond donors (Lipinski definition) is 7. The number of H-pyrrole nitrogens is 1. The number of carboxylic acid groups (broad SMARTS) is 2. The van der Waals surface area contributed by atoms with Crippen LogP contribution in [0, 0.1) is 18.8 Å². The van der Waals surface area contributed by atoms with E-state index in [1.165, 1.54) is 0 Å². The molecule has 2 fully saturated rings. The SMILES string of the molecule is C=C(S)C1=C(C)[C@@H](CC2N/C(=C/c3[nH]c(/C=C4\NC(=O)[C@H](C)[C@H]4[C@@H]4CS4)c(C)c3CCC(=O)O)C(CCC(=O)O)=C2C)NC1=O. The third-order valence-corrected chi connectivity index (χ3v) is 10.7. The highest BCUT2D eigenvalue weighted by Crippen LogP contribution is 2.46. The largest absolute Gasteiger partial charge is 0.481 e. The average Bonchev–Trinajstić information content (AvgIpc) is 3.52. The van der Waals surface area contributed by atoms with Gasteiger partial charge in [-0.25, -0.2) is 0 Å². The first-order valence-corrected chi connectivity index (χ1v) is 16.6. The van der Waals surface area contributed by atoms with Crippen molar-refractivity contribution in [2.24, 2.45) is 11.8 Å². The molecule has 0 saturated carbocycles. The summed E-state index contributed by atoms with van der Waals surface area (Å²) in [4.78, 5) is 52.2. The fraction of sp³-hybridized carbons (Fsp3) is 0.455. The number of rotatable bonds is 12. The molecule has 4 aliphatic heterocycles. The Bertz CT molecular complexity index is 1610. The Morgan fingerprint density at radius 2 is 1.64 bits per heavy atom. The maximum atomic E-state index is 12.6. The highest BCUT2D eigenvalue weighted by molar-refractivity contribution is 8.06. The van der Waals surface area contributed by atoms with Gasteiger partial charge in [-0.1, -0.05) is 13.5 Å². The van der Waals surface area contributed by atoms with E-state index < -0.39 is 11.9 Å². The van der Waals surface area contributed by atoms with Crippen LogP contribution < -0.4 is 16.0 Å². The second-order valence-corrected chi connectivity index (χ2v) is 14.1. The lowest BCUT2D eigenvalue weighted by molar-refractivity contribution is -0.138. The topological polar surface area (TPSA) is 161 Å². The van der Waals surface area contributed by atoms with Crippen LogP contribution in [0.3, 0.4) is 0 Å². The first kappa shape index (κ1) is 32.7. The molecule has 0 aromatic carbocycles. The summed E-state index contributed by atoms with van der Waals surface area (Å²) in [6.45, 7) is 11.6. The number of aromatic amines is 1. The van der Waals surface area contributed by atoms with Gasteiger partial charge in [0.2, 0.25) is 5.91 Å². The number of allylic oxidation sites excluding steroid dienone is 2. The lowest BCUT2D eigenvalue weighted by atomic mass is 9.91. The normalized spacial score (nSPS) is 27.8. The molecule has 5 heterocycles. The minimum absolute atomic E-state index is 0.00983. The van der Waals surface area contributed by atoms with Crippen molar-refractivity contribution in [2.75, 3.05) is 5.75 Å². The second kappa shape index (κ2) is 13.0. The van der Waals surface area contributed by atoms with Gasteiger partial charge in [-0.3, -0.25) is 19.2 Å². The minimum Gasteiger partial charge on any atom is -0.481 e. The van der Waals surface area contributed by atoms with E-state index in [0.29, 0.717) is 35.0 Å². The first-order chi connectivity index (χ1) is 21.3. The third kappa shape index (κ3) is 6.81. The predicted molar refractivity (Wildman–Crippen MR) is 178 cm³/mol. The van der Waals surface area contributed by atoms with Gasteiger partial charge in [0, 0.05) is 69.4 Å². The van der Waals surface area contributed by atoms with Crippen molar-refractivity contribution in [3.05, 3.63) is 67.7 Å². The fourth-order valence-electron chi connectivity index (χ4n) is 6.75. The van der Waals surface area contributed by atoms with Crippen molar-refractivity contribution in [2.45, 2.75) is 77.1 Å². The van der Waals surface area contributed by atoms with Gasteiger partial charge >= 0.3 is 11.9 Å². The maximum Gasteiger partial charge on any atom is 0.303 e. The number of carbonyl (C=O) groups is 4. The van der Waals surface area contributed by atoms with E-state index in [-0.39, 0.29) is 48.6 Å². The molecule has 2 saturated heterocycles. The van der Waals surface area contributed by atoms with E-state index in [9.17, 15) is 29.4 Å². The molecule has 0 bridgehead atoms. The fourth-order valence-corrected chi connectivity index (χ4v) is 7.93. The van der Waals surface area contributed by atoms with Gasteiger partial charge in [-0.2, -0.15) is 11.8 Å². The second-order valence-electron chi connectivity index (χ2n) is 12.3. The number of aromatic nitrogens is 1. The summed E-state index contributed by atoms with van der Waals surface area (Å²) in [7, 11) is 0. The number of nitrogens with one attached hydrogen (secondary N) is 4. The molecular formula is C33H40N4O6S2. The lowest BCUT2D eigenvalue weighted by Gasteiger charge is -2.20. The average molecular weight is 653 g/mol. The van der Waals surface area contributed by atoms with E-state index >= 15 is 0 Å². The Morgan fingerprint density at radius 1 is 1.00 bits per heavy atom. The summed E-state index contributed by atoms with van der Waals surface area (Å²) in [5.74, 6) is -0.993. The molecule has 5 atom stereocenters. The number of thiol groups is 1. The van der Waals surface area contributed by atoms with Gasteiger partial charge < -0.3 is 31.1 Å². The molecule has 1 aromatic heterocycles. The van der Waals surface area contributed by atoms with Crippen LogP contribution >= 0.6 is 24.4 Å². The van der Waals surface area contributed by atoms with Gasteiger partial charge in [0.15, 0.2) is 0 Å². The maximum absolute atomic E-state index is 12.6. The number of amides is 2. The molecular weight excluding hydrogens is 613 g/mol. The molecule has 0 aliphatic carbocycles. The molecule has 5 rings (SSSR count). The Labute approximate surface area is 272 Å². The molecule has 45 heavy (non-hydrogen) atoms. The standard InChI is InChI=1S/C33H40N4O6S2/c1-14-19(6-8-28(38)39)24(34-21(14)10-23-16(3)30(18(5)44)33(43)36-23)12-25-20(7-9-29(40)41)15(2)22(35-25)11-26-31(27-13-45-27)17(4)32(42)37-26/h11-12,17,21,23,27,31,34-35,44H,5-10,13H2,1-4H3,(H,36,43)(H,37,42)(H,38,39)(H,40,41)/b24-12+,26-11-/t17-,21?,23-,27+,31-/m1/s1. The minimum atomic E-state index is -0.904. The molecule has 0 radical (unpaired) electrons. The van der Waals surface area contributed by atoms with Crippen molar-refractivity contribution in [1.82, 2.24) is 20.9 Å². The van der Waals surface area contributed by atoms with Crippen LogP contribution in [0.4, 0.5) is 0 Å². The summed E-state index contributed by atoms with van der Waals surface area (Å²) in [5.41, 5.74) is 8.16. The monoisotopic (exact) mass is 652 g/mol. The van der Waals surface area contributed by atoms with Crippen LogP contribution in [0.1, 0.15) is 69.0 Å². The van der Waals surface area contributed by atoms with Crippen LogP contribution in [-0.4, -0.2) is 62.0 Å². The zero-order valence-electron chi connectivity index (χ0n) is 25.9. The number of hydrogen-bond acceptors (Lipinski definition) is 7. The van der Waals surface area contributed by atoms with Crippen molar-refractivity contribution >= 4 is 60.3 Å². The number of carbonyl (C=O) groups excluding carboxylic acids is 2. The molecule has 240 valence electrons. The van der Waals surface area contributed by atoms with Crippen molar-refractivity contribution in [1.29, 1.82) is 0 Å². The van der Waals surface area contributed by atoms with Crippen molar-refractivity contribution < 1.29 is 29.4 Å². The smallest absolute Gasteiger partial charge is 0.303 e. The van der Waals surface area contributed by atoms with Crippen LogP contribution in [0.25, 0.3) is 12.2 Å². The summed E-state index contributed by atoms with van der Waals surface area (Å²) in [5, 5.41) is 29.0. The zero-order valence-corrected chi connectivity index (χ0v) is 27.6. The van der Waals surface area contributed by atoms with Gasteiger partial charge in [0.25, 0.3) is 5.91 Å². The molecule has 0 spiro atoms. The van der Waals surface area contributed by atoms with Crippen LogP contribution in [0.2, 0.25) is 0 Å². The van der Waals surface area contributed by atoms with E-state index in [0.717, 1.165) is 56.4 Å². The molecule has 1 aromatic rings. The highest BCUT2D eigenvalue weighted by Gasteiger charge is 2.45. The van der Waals surface area contributed by atoms with Crippen LogP contribution in [-0.2, 0) is 25.6 Å². The molecule has 1 unspecified atom stereocenters. The molecule has 6 N–H and O–H groups in total. The third-order valence-electron chi connectivity index (χ3n) is 9.42. The van der Waals surface area contributed by atoms with Gasteiger partial charge in [-0.15, -0.1) is 12.6 Å². The number of thioether (sulfide) groups is 1. The van der Waals surface area contributed by atoms with Crippen LogP contribution in [0.5, 0.6) is 0 Å². The van der Waals surface area contributed by atoms with E-state index in [1.807, 2.05) is 51.6 Å². The Balaban J connectivity index is 1.51. The summed E-state index contributed by atoms with van der Waals surface area (Å²) in [6, 6.07) is -0.400. The van der Waals surface area contributed by atoms with E-state index in [2.05, 4.69) is 40.1 Å². The number of aliphatic carboxylic acids is 2. The van der Waals surface area contributed by atoms with Gasteiger partial charge in [0.1, 0.15) is 0 Å². The van der Waals surface area contributed by atoms with Crippen molar-refractivity contribution in [3.63, 3.8) is 0 Å². The van der Waals surface area contributed by atoms with Gasteiger partial charge in [-0.05, 0) is 80.0 Å². The summed E-state index contributed by atoms with van der Waals surface area (Å²) in [6.07, 6.45) is 4.98. The van der Waals surface area contributed by atoms with Crippen molar-refractivity contribution in [3.8, 4) is 0 Å². The zero-order chi connectivity index (χ0) is 32.7. The summed E-state index contributed by atoms with van der Waals surface area (Å²) < 4.78 is 0.